The molecule has 0 unspecified atom stereocenters. The number of esters is 1. The van der Waals surface area contributed by atoms with Crippen LogP contribution in [-0.4, -0.2) is 32.6 Å². The molecular weight excluding hydrogens is 388 g/mol. The second-order valence-corrected chi connectivity index (χ2v) is 9.49. The van der Waals surface area contributed by atoms with Gasteiger partial charge in [0, 0.05) is 22.3 Å². The van der Waals surface area contributed by atoms with Crippen LogP contribution in [0.25, 0.3) is 10.9 Å². The fraction of sp³-hybridized carbons (Fsp3) is 0.364. The summed E-state index contributed by atoms with van der Waals surface area (Å²) in [7, 11) is 0. The first-order chi connectivity index (χ1) is 13.3. The molecule has 0 radical (unpaired) electrons. The van der Waals surface area contributed by atoms with Gasteiger partial charge in [-0.25, -0.2) is 0 Å². The molecule has 0 spiro atoms. The number of nitrogens with zero attached hydrogens (tertiary/aromatic N) is 2. The van der Waals surface area contributed by atoms with Gasteiger partial charge in [-0.3, -0.25) is 4.79 Å². The summed E-state index contributed by atoms with van der Waals surface area (Å²) >= 11 is 7.65. The molecule has 4 nitrogen and oxygen atoms in total. The van der Waals surface area contributed by atoms with Gasteiger partial charge in [-0.05, 0) is 50.3 Å². The first-order valence-electron chi connectivity index (χ1n) is 9.47. The minimum atomic E-state index is -0.508. The molecule has 1 aliphatic rings. The van der Waals surface area contributed by atoms with E-state index in [9.17, 15) is 4.79 Å². The van der Waals surface area contributed by atoms with Crippen molar-refractivity contribution < 1.29 is 9.53 Å². The fourth-order valence-corrected chi connectivity index (χ4v) is 4.89. The smallest absolute Gasteiger partial charge is 0.326 e. The van der Waals surface area contributed by atoms with Crippen molar-refractivity contribution in [2.75, 3.05) is 6.54 Å². The molecule has 0 fully saturated rings. The Morgan fingerprint density at radius 1 is 1.21 bits per heavy atom. The molecule has 2 aromatic heterocycles. The highest BCUT2D eigenvalue weighted by atomic mass is 32.1. The van der Waals surface area contributed by atoms with E-state index >= 15 is 0 Å². The number of benzene rings is 1. The monoisotopic (exact) mass is 412 g/mol. The second kappa shape index (κ2) is 7.33. The topological polar surface area (TPSA) is 34.5 Å². The molecular formula is C22H24N2O2S2. The first kappa shape index (κ1) is 19.2. The summed E-state index contributed by atoms with van der Waals surface area (Å²) in [5.74, 6) is -0.241. The third kappa shape index (κ3) is 3.71. The summed E-state index contributed by atoms with van der Waals surface area (Å²) in [5, 5.41) is 3.27. The average molecular weight is 413 g/mol. The average Bonchev–Trinajstić information content (AvgIpc) is 3.23. The number of carbonyl (C=O) groups is 1. The predicted molar refractivity (Wildman–Crippen MR) is 118 cm³/mol. The lowest BCUT2D eigenvalue weighted by Crippen LogP contribution is -2.38. The Bertz CT molecular complexity index is 1030. The summed E-state index contributed by atoms with van der Waals surface area (Å²) in [6.07, 6.45) is 0.919. The minimum absolute atomic E-state index is 0.167. The number of rotatable bonds is 4. The van der Waals surface area contributed by atoms with Crippen LogP contribution in [0.15, 0.2) is 41.8 Å². The van der Waals surface area contributed by atoms with Crippen LogP contribution in [0.1, 0.15) is 36.9 Å². The van der Waals surface area contributed by atoms with Crippen molar-refractivity contribution in [2.24, 2.45) is 0 Å². The van der Waals surface area contributed by atoms with Crippen molar-refractivity contribution in [3.8, 4) is 0 Å². The standard InChI is InChI=1S/C22H24N2O2S2/c1-22(2,3)26-19(25)14-24-18-9-5-4-8-16(18)17-10-11-23(21(27)20(17)24)13-15-7-6-12-28-15/h4-9,12H,10-11,13-14H2,1-3H3. The zero-order valence-electron chi connectivity index (χ0n) is 16.4. The highest BCUT2D eigenvalue weighted by molar-refractivity contribution is 7.80. The van der Waals surface area contributed by atoms with E-state index in [0.29, 0.717) is 0 Å². The van der Waals surface area contributed by atoms with Gasteiger partial charge in [-0.2, -0.15) is 0 Å². The zero-order chi connectivity index (χ0) is 19.9. The zero-order valence-corrected chi connectivity index (χ0v) is 18.0. The normalized spacial score (nSPS) is 14.4. The first-order valence-corrected chi connectivity index (χ1v) is 10.8. The Kier molecular flexibility index (Phi) is 5.02. The summed E-state index contributed by atoms with van der Waals surface area (Å²) in [4.78, 5) is 17.0. The summed E-state index contributed by atoms with van der Waals surface area (Å²) < 4.78 is 7.63. The number of para-hydroxylation sites is 1. The van der Waals surface area contributed by atoms with Crippen LogP contribution >= 0.6 is 23.6 Å². The maximum atomic E-state index is 12.6. The number of ether oxygens (including phenoxy) is 1. The van der Waals surface area contributed by atoms with Crippen LogP contribution in [0.4, 0.5) is 0 Å². The van der Waals surface area contributed by atoms with E-state index in [1.54, 1.807) is 11.3 Å². The van der Waals surface area contributed by atoms with Gasteiger partial charge < -0.3 is 14.2 Å². The maximum Gasteiger partial charge on any atom is 0.326 e. The summed E-state index contributed by atoms with van der Waals surface area (Å²) in [6, 6.07) is 12.4. The molecule has 3 aromatic rings. The minimum Gasteiger partial charge on any atom is -0.459 e. The van der Waals surface area contributed by atoms with Crippen molar-refractivity contribution >= 4 is 45.4 Å². The number of thiophene rings is 1. The molecule has 0 N–H and O–H groups in total. The molecule has 0 saturated heterocycles. The molecule has 3 heterocycles. The molecule has 0 amide bonds. The van der Waals surface area contributed by atoms with Crippen LogP contribution in [0.3, 0.4) is 0 Å². The van der Waals surface area contributed by atoms with Crippen molar-refractivity contribution in [1.82, 2.24) is 9.47 Å². The molecule has 1 aromatic carbocycles. The largest absolute Gasteiger partial charge is 0.459 e. The number of aromatic nitrogens is 1. The van der Waals surface area contributed by atoms with Crippen molar-refractivity contribution in [2.45, 2.75) is 45.9 Å². The lowest BCUT2D eigenvalue weighted by Gasteiger charge is -2.30. The summed E-state index contributed by atoms with van der Waals surface area (Å²) in [5.41, 5.74) is 2.77. The highest BCUT2D eigenvalue weighted by Crippen LogP contribution is 2.32. The molecule has 0 bridgehead atoms. The third-order valence-electron chi connectivity index (χ3n) is 4.83. The van der Waals surface area contributed by atoms with Crippen LogP contribution in [0, 0.1) is 0 Å². The van der Waals surface area contributed by atoms with Gasteiger partial charge in [0.2, 0.25) is 0 Å². The second-order valence-electron chi connectivity index (χ2n) is 8.07. The van der Waals surface area contributed by atoms with Crippen molar-refractivity contribution in [3.05, 3.63) is 57.9 Å². The van der Waals surface area contributed by atoms with Crippen LogP contribution in [-0.2, 0) is 29.0 Å². The van der Waals surface area contributed by atoms with E-state index < -0.39 is 5.60 Å². The third-order valence-corrected chi connectivity index (χ3v) is 6.14. The Hall–Kier alpha value is -2.18. The quantitative estimate of drug-likeness (QED) is 0.456. The van der Waals surface area contributed by atoms with E-state index in [-0.39, 0.29) is 12.5 Å². The lowest BCUT2D eigenvalue weighted by molar-refractivity contribution is -0.155. The van der Waals surface area contributed by atoms with Crippen molar-refractivity contribution in [1.29, 1.82) is 0 Å². The Morgan fingerprint density at radius 2 is 2.00 bits per heavy atom. The molecule has 0 atom stereocenters. The molecule has 4 rings (SSSR count). The van der Waals surface area contributed by atoms with Crippen LogP contribution in [0.2, 0.25) is 0 Å². The molecule has 1 aliphatic heterocycles. The maximum absolute atomic E-state index is 12.6. The van der Waals surface area contributed by atoms with Gasteiger partial charge in [0.25, 0.3) is 0 Å². The SMILES string of the molecule is CC(C)(C)OC(=O)Cn1c2c(c3ccccc31)CCN(Cc1cccs1)C2=S. The predicted octanol–water partition coefficient (Wildman–Crippen LogP) is 4.78. The van der Waals surface area contributed by atoms with Gasteiger partial charge in [-0.15, -0.1) is 11.3 Å². The Labute approximate surface area is 174 Å². The fourth-order valence-electron chi connectivity index (χ4n) is 3.78. The number of hydrogen-bond donors (Lipinski definition) is 0. The number of fused-ring (bicyclic) bond motifs is 3. The van der Waals surface area contributed by atoms with E-state index in [1.807, 2.05) is 37.5 Å². The van der Waals surface area contributed by atoms with Gasteiger partial charge in [0.05, 0.1) is 12.2 Å². The summed E-state index contributed by atoms with van der Waals surface area (Å²) in [6.45, 7) is 7.54. The number of thiocarbonyl (C=S) groups is 1. The van der Waals surface area contributed by atoms with Crippen LogP contribution in [0.5, 0.6) is 0 Å². The number of hydrogen-bond acceptors (Lipinski definition) is 4. The molecule has 146 valence electrons. The van der Waals surface area contributed by atoms with Crippen molar-refractivity contribution in [3.63, 3.8) is 0 Å². The van der Waals surface area contributed by atoms with E-state index in [2.05, 4.69) is 34.5 Å². The molecule has 0 saturated carbocycles. The molecule has 28 heavy (non-hydrogen) atoms. The van der Waals surface area contributed by atoms with E-state index in [4.69, 9.17) is 17.0 Å². The molecule has 6 heteroatoms. The van der Waals surface area contributed by atoms with Gasteiger partial charge in [0.1, 0.15) is 17.1 Å². The molecule has 0 aliphatic carbocycles. The lowest BCUT2D eigenvalue weighted by atomic mass is 10.0. The van der Waals surface area contributed by atoms with E-state index in [1.165, 1.54) is 15.8 Å². The highest BCUT2D eigenvalue weighted by Gasteiger charge is 2.29. The van der Waals surface area contributed by atoms with E-state index in [0.717, 1.165) is 35.7 Å². The van der Waals surface area contributed by atoms with Gasteiger partial charge in [0.15, 0.2) is 0 Å². The Morgan fingerprint density at radius 3 is 2.71 bits per heavy atom. The van der Waals surface area contributed by atoms with Crippen LogP contribution < -0.4 is 0 Å². The number of carbonyl (C=O) groups excluding carboxylic acids is 1. The van der Waals surface area contributed by atoms with Gasteiger partial charge >= 0.3 is 5.97 Å². The van der Waals surface area contributed by atoms with Gasteiger partial charge in [-0.1, -0.05) is 36.5 Å². The Balaban J connectivity index is 1.73.